The molecule has 0 aliphatic carbocycles. The van der Waals surface area contributed by atoms with Crippen molar-refractivity contribution < 1.29 is 22.7 Å². The third-order valence-corrected chi connectivity index (χ3v) is 2.21. The molecule has 1 aliphatic rings. The van der Waals surface area contributed by atoms with Crippen LogP contribution < -0.4 is 5.09 Å². The summed E-state index contributed by atoms with van der Waals surface area (Å²) < 4.78 is 40.6. The number of rotatable bonds is 1. The first-order valence-electron chi connectivity index (χ1n) is 3.62. The molecule has 0 aromatic carbocycles. The summed E-state index contributed by atoms with van der Waals surface area (Å²) in [6, 6.07) is -0.337. The van der Waals surface area contributed by atoms with Crippen molar-refractivity contribution in [2.75, 3.05) is 6.61 Å². The van der Waals surface area contributed by atoms with Gasteiger partial charge in [0.2, 0.25) is 6.10 Å². The molecule has 7 heteroatoms. The zero-order valence-electron chi connectivity index (χ0n) is 6.60. The molecule has 1 fully saturated rings. The first kappa shape index (κ1) is 10.9. The maximum absolute atomic E-state index is 12.1. The number of halogens is 3. The highest BCUT2D eigenvalue weighted by molar-refractivity contribution is 7.13. The van der Waals surface area contributed by atoms with Gasteiger partial charge in [0.15, 0.2) is 5.78 Å². The van der Waals surface area contributed by atoms with Crippen molar-refractivity contribution >= 4 is 15.2 Å². The molecule has 1 saturated heterocycles. The molecule has 1 heterocycles. The van der Waals surface area contributed by atoms with E-state index in [4.69, 9.17) is 0 Å². The van der Waals surface area contributed by atoms with Crippen LogP contribution in [0.3, 0.4) is 0 Å². The van der Waals surface area contributed by atoms with Crippen LogP contribution in [0.4, 0.5) is 13.2 Å². The van der Waals surface area contributed by atoms with Gasteiger partial charge < -0.3 is 4.74 Å². The average molecular weight is 215 g/mol. The van der Waals surface area contributed by atoms with Crippen LogP contribution >= 0.6 is 9.39 Å². The maximum atomic E-state index is 12.1. The van der Waals surface area contributed by atoms with Crippen molar-refractivity contribution in [2.24, 2.45) is 0 Å². The molecule has 0 radical (unpaired) electrons. The second kappa shape index (κ2) is 3.90. The van der Waals surface area contributed by atoms with Gasteiger partial charge in [-0.1, -0.05) is 9.39 Å². The van der Waals surface area contributed by atoms with Crippen LogP contribution in [-0.4, -0.2) is 30.7 Å². The number of ether oxygens (including phenoxy) is 1. The Morgan fingerprint density at radius 3 is 2.54 bits per heavy atom. The van der Waals surface area contributed by atoms with Gasteiger partial charge in [0.1, 0.15) is 0 Å². The van der Waals surface area contributed by atoms with E-state index in [-0.39, 0.29) is 19.1 Å². The van der Waals surface area contributed by atoms with Crippen LogP contribution in [0.2, 0.25) is 0 Å². The molecule has 13 heavy (non-hydrogen) atoms. The second-order valence-corrected chi connectivity index (χ2v) is 3.12. The number of nitrogens with one attached hydrogen (secondary N) is 1. The van der Waals surface area contributed by atoms with Crippen LogP contribution in [0.1, 0.15) is 6.42 Å². The lowest BCUT2D eigenvalue weighted by Gasteiger charge is -2.28. The number of carbonyl (C=O) groups excluding carboxylic acids is 1. The Bertz CT molecular complexity index is 209. The lowest BCUT2D eigenvalue weighted by atomic mass is 10.0. The lowest BCUT2D eigenvalue weighted by molar-refractivity contribution is -0.224. The fraction of sp³-hybridized carbons (Fsp3) is 0.833. The number of hydrogen-bond acceptors (Lipinski definition) is 3. The zero-order chi connectivity index (χ0) is 10.1. The predicted molar refractivity (Wildman–Crippen MR) is 42.1 cm³/mol. The molecule has 0 saturated carbocycles. The Balaban J connectivity index is 2.59. The Hall–Kier alpha value is -0.190. The topological polar surface area (TPSA) is 38.3 Å². The SMILES string of the molecule is O=C1CC(NP)COC1C(F)(F)F. The van der Waals surface area contributed by atoms with E-state index in [0.29, 0.717) is 0 Å². The van der Waals surface area contributed by atoms with E-state index in [9.17, 15) is 18.0 Å². The highest BCUT2D eigenvalue weighted by atomic mass is 31.0. The molecule has 76 valence electrons. The first-order chi connectivity index (χ1) is 5.95. The monoisotopic (exact) mass is 215 g/mol. The number of Topliss-reactive ketones (excluding diaryl/α,β-unsaturated/α-hetero) is 1. The third kappa shape index (κ3) is 2.62. The molecule has 3 atom stereocenters. The second-order valence-electron chi connectivity index (χ2n) is 2.79. The van der Waals surface area contributed by atoms with Gasteiger partial charge in [-0.05, 0) is 0 Å². The maximum Gasteiger partial charge on any atom is 0.421 e. The third-order valence-electron chi connectivity index (χ3n) is 1.74. The van der Waals surface area contributed by atoms with Crippen molar-refractivity contribution in [1.29, 1.82) is 0 Å². The fourth-order valence-electron chi connectivity index (χ4n) is 1.10. The smallest absolute Gasteiger partial charge is 0.360 e. The van der Waals surface area contributed by atoms with Gasteiger partial charge in [0.25, 0.3) is 0 Å². The molecule has 0 aromatic rings. The fourth-order valence-corrected chi connectivity index (χ4v) is 1.31. The molecule has 1 N–H and O–H groups in total. The van der Waals surface area contributed by atoms with Crippen LogP contribution in [0, 0.1) is 0 Å². The van der Waals surface area contributed by atoms with E-state index < -0.39 is 18.1 Å². The zero-order valence-corrected chi connectivity index (χ0v) is 7.75. The largest absolute Gasteiger partial charge is 0.421 e. The summed E-state index contributed by atoms with van der Waals surface area (Å²) in [6.07, 6.45) is -6.96. The van der Waals surface area contributed by atoms with Crippen molar-refractivity contribution in [1.82, 2.24) is 5.09 Å². The Kier molecular flexibility index (Phi) is 3.27. The minimum Gasteiger partial charge on any atom is -0.360 e. The molecule has 0 amide bonds. The molecular weight excluding hydrogens is 206 g/mol. The first-order valence-corrected chi connectivity index (χ1v) is 4.20. The van der Waals surface area contributed by atoms with E-state index in [0.717, 1.165) is 0 Å². The Morgan fingerprint density at radius 1 is 1.54 bits per heavy atom. The Morgan fingerprint density at radius 2 is 2.15 bits per heavy atom. The summed E-state index contributed by atoms with van der Waals surface area (Å²) in [5.41, 5.74) is 0. The molecule has 0 bridgehead atoms. The van der Waals surface area contributed by atoms with E-state index in [1.54, 1.807) is 0 Å². The van der Waals surface area contributed by atoms with Crippen molar-refractivity contribution in [2.45, 2.75) is 24.7 Å². The minimum absolute atomic E-state index is 0.0978. The summed E-state index contributed by atoms with van der Waals surface area (Å²) in [5.74, 6) is -0.918. The summed E-state index contributed by atoms with van der Waals surface area (Å²) in [7, 11) is 2.14. The standard InChI is InChI=1S/C6H9F3NO2P/c7-6(8,9)5-4(11)1-3(10-13)2-12-5/h3,5,10H,1-2,13H2. The van der Waals surface area contributed by atoms with Gasteiger partial charge in [0.05, 0.1) is 6.61 Å². The van der Waals surface area contributed by atoms with Crippen LogP contribution in [-0.2, 0) is 9.53 Å². The number of carbonyl (C=O) groups is 1. The predicted octanol–water partition coefficient (Wildman–Crippen LogP) is 0.655. The van der Waals surface area contributed by atoms with Gasteiger partial charge in [-0.3, -0.25) is 9.88 Å². The van der Waals surface area contributed by atoms with E-state index >= 15 is 0 Å². The minimum atomic E-state index is -4.58. The van der Waals surface area contributed by atoms with E-state index in [1.807, 2.05) is 0 Å². The van der Waals surface area contributed by atoms with E-state index in [2.05, 4.69) is 19.2 Å². The van der Waals surface area contributed by atoms with Crippen LogP contribution in [0.25, 0.3) is 0 Å². The van der Waals surface area contributed by atoms with Gasteiger partial charge in [0, 0.05) is 12.5 Å². The molecule has 0 aromatic heterocycles. The molecular formula is C6H9F3NO2P. The van der Waals surface area contributed by atoms with Crippen molar-refractivity contribution in [3.8, 4) is 0 Å². The van der Waals surface area contributed by atoms with Gasteiger partial charge >= 0.3 is 6.18 Å². The van der Waals surface area contributed by atoms with E-state index in [1.165, 1.54) is 0 Å². The van der Waals surface area contributed by atoms with Gasteiger partial charge in [-0.2, -0.15) is 13.2 Å². The molecule has 1 rings (SSSR count). The number of hydrogen-bond donors (Lipinski definition) is 1. The van der Waals surface area contributed by atoms with Gasteiger partial charge in [-0.25, -0.2) is 0 Å². The average Bonchev–Trinajstić information content (AvgIpc) is 2.01. The lowest BCUT2D eigenvalue weighted by Crippen LogP contribution is -2.48. The summed E-state index contributed by atoms with van der Waals surface area (Å²) in [6.45, 7) is -0.0978. The molecule has 3 unspecified atom stereocenters. The number of ketones is 1. The van der Waals surface area contributed by atoms with Crippen LogP contribution in [0.5, 0.6) is 0 Å². The molecule has 1 aliphatic heterocycles. The van der Waals surface area contributed by atoms with Crippen LogP contribution in [0.15, 0.2) is 0 Å². The van der Waals surface area contributed by atoms with Crippen molar-refractivity contribution in [3.05, 3.63) is 0 Å². The number of alkyl halides is 3. The summed E-state index contributed by atoms with van der Waals surface area (Å²) >= 11 is 0. The Labute approximate surface area is 75.3 Å². The molecule has 0 spiro atoms. The summed E-state index contributed by atoms with van der Waals surface area (Å²) in [4.78, 5) is 10.9. The normalized spacial score (nSPS) is 30.6. The highest BCUT2D eigenvalue weighted by Crippen LogP contribution is 2.27. The highest BCUT2D eigenvalue weighted by Gasteiger charge is 2.48. The van der Waals surface area contributed by atoms with Crippen molar-refractivity contribution in [3.63, 3.8) is 0 Å². The quantitative estimate of drug-likeness (QED) is 0.653. The summed E-state index contributed by atoms with van der Waals surface area (Å²) in [5, 5.41) is 2.61. The molecule has 3 nitrogen and oxygen atoms in total. The van der Waals surface area contributed by atoms with Gasteiger partial charge in [-0.15, -0.1) is 0 Å².